The van der Waals surface area contributed by atoms with Crippen molar-refractivity contribution in [1.82, 2.24) is 0 Å². The third-order valence-corrected chi connectivity index (χ3v) is 3.50. The Kier molecular flexibility index (Phi) is 4.57. The van der Waals surface area contributed by atoms with Gasteiger partial charge in [0.2, 0.25) is 6.10 Å². The Balaban J connectivity index is 1.58. The van der Waals surface area contributed by atoms with Crippen LogP contribution in [0, 0.1) is 0 Å². The first kappa shape index (κ1) is 15.1. The SMILES string of the molecule is CCOc1ccc(NC(=O)[C@H]2CC(c3ccccc3)=NO2)cc1. The Morgan fingerprint density at radius 2 is 1.96 bits per heavy atom. The molecule has 2 aromatic carbocycles. The van der Waals surface area contributed by atoms with Crippen LogP contribution in [0.1, 0.15) is 18.9 Å². The van der Waals surface area contributed by atoms with E-state index in [-0.39, 0.29) is 5.91 Å². The van der Waals surface area contributed by atoms with Crippen LogP contribution in [0.15, 0.2) is 59.8 Å². The number of benzene rings is 2. The van der Waals surface area contributed by atoms with Crippen molar-refractivity contribution in [3.63, 3.8) is 0 Å². The lowest BCUT2D eigenvalue weighted by atomic mass is 10.0. The predicted octanol–water partition coefficient (Wildman–Crippen LogP) is 3.22. The molecule has 118 valence electrons. The van der Waals surface area contributed by atoms with E-state index >= 15 is 0 Å². The smallest absolute Gasteiger partial charge is 0.268 e. The van der Waals surface area contributed by atoms with Crippen LogP contribution in [0.25, 0.3) is 0 Å². The van der Waals surface area contributed by atoms with Crippen LogP contribution in [-0.4, -0.2) is 24.3 Å². The van der Waals surface area contributed by atoms with Crippen LogP contribution in [-0.2, 0) is 9.63 Å². The summed E-state index contributed by atoms with van der Waals surface area (Å²) in [4.78, 5) is 17.5. The highest BCUT2D eigenvalue weighted by molar-refractivity contribution is 6.06. The van der Waals surface area contributed by atoms with E-state index in [1.54, 1.807) is 12.1 Å². The van der Waals surface area contributed by atoms with Gasteiger partial charge in [-0.2, -0.15) is 0 Å². The van der Waals surface area contributed by atoms with Crippen molar-refractivity contribution in [2.75, 3.05) is 11.9 Å². The number of ether oxygens (including phenoxy) is 1. The van der Waals surface area contributed by atoms with Crippen molar-refractivity contribution in [2.24, 2.45) is 5.16 Å². The van der Waals surface area contributed by atoms with Gasteiger partial charge >= 0.3 is 0 Å². The van der Waals surface area contributed by atoms with Crippen LogP contribution < -0.4 is 10.1 Å². The number of amides is 1. The van der Waals surface area contributed by atoms with Gasteiger partial charge in [-0.3, -0.25) is 4.79 Å². The first-order chi connectivity index (χ1) is 11.3. The quantitative estimate of drug-likeness (QED) is 0.922. The highest BCUT2D eigenvalue weighted by atomic mass is 16.6. The van der Waals surface area contributed by atoms with Gasteiger partial charge in [0.25, 0.3) is 5.91 Å². The maximum Gasteiger partial charge on any atom is 0.268 e. The molecule has 0 fully saturated rings. The van der Waals surface area contributed by atoms with Gasteiger partial charge in [0, 0.05) is 12.1 Å². The Morgan fingerprint density at radius 3 is 2.65 bits per heavy atom. The monoisotopic (exact) mass is 310 g/mol. The molecule has 1 aliphatic heterocycles. The minimum absolute atomic E-state index is 0.205. The number of oxime groups is 1. The lowest BCUT2D eigenvalue weighted by molar-refractivity contribution is -0.125. The van der Waals surface area contributed by atoms with Gasteiger partial charge in [0.15, 0.2) is 0 Å². The van der Waals surface area contributed by atoms with E-state index in [0.29, 0.717) is 18.7 Å². The van der Waals surface area contributed by atoms with Crippen LogP contribution in [0.3, 0.4) is 0 Å². The van der Waals surface area contributed by atoms with E-state index in [2.05, 4.69) is 10.5 Å². The molecule has 0 unspecified atom stereocenters. The Morgan fingerprint density at radius 1 is 1.22 bits per heavy atom. The summed E-state index contributed by atoms with van der Waals surface area (Å²) in [6, 6.07) is 17.0. The van der Waals surface area contributed by atoms with Crippen LogP contribution >= 0.6 is 0 Å². The Labute approximate surface area is 134 Å². The van der Waals surface area contributed by atoms with Gasteiger partial charge in [0.1, 0.15) is 5.75 Å². The molecule has 1 aliphatic rings. The molecule has 1 amide bonds. The van der Waals surface area contributed by atoms with Gasteiger partial charge in [0.05, 0.1) is 12.3 Å². The number of rotatable bonds is 5. The van der Waals surface area contributed by atoms with Crippen LogP contribution in [0.5, 0.6) is 5.75 Å². The van der Waals surface area contributed by atoms with Crippen molar-refractivity contribution in [3.05, 3.63) is 60.2 Å². The molecule has 1 N–H and O–H groups in total. The highest BCUT2D eigenvalue weighted by Crippen LogP contribution is 2.20. The third kappa shape index (κ3) is 3.69. The average molecular weight is 310 g/mol. The summed E-state index contributed by atoms with van der Waals surface area (Å²) in [5.74, 6) is 0.571. The molecule has 3 rings (SSSR count). The summed E-state index contributed by atoms with van der Waals surface area (Å²) in [6.45, 7) is 2.54. The lowest BCUT2D eigenvalue weighted by Gasteiger charge is -2.10. The molecule has 1 heterocycles. The van der Waals surface area contributed by atoms with Gasteiger partial charge in [-0.15, -0.1) is 0 Å². The Bertz CT molecular complexity index is 696. The van der Waals surface area contributed by atoms with Gasteiger partial charge < -0.3 is 14.9 Å². The summed E-state index contributed by atoms with van der Waals surface area (Å²) >= 11 is 0. The normalized spacial score (nSPS) is 16.4. The number of nitrogens with zero attached hydrogens (tertiary/aromatic N) is 1. The molecule has 0 spiro atoms. The van der Waals surface area contributed by atoms with Crippen molar-refractivity contribution in [2.45, 2.75) is 19.4 Å². The lowest BCUT2D eigenvalue weighted by Crippen LogP contribution is -2.28. The van der Waals surface area contributed by atoms with Crippen molar-refractivity contribution in [3.8, 4) is 5.75 Å². The van der Waals surface area contributed by atoms with E-state index in [0.717, 1.165) is 17.0 Å². The molecule has 0 radical (unpaired) electrons. The van der Waals surface area contributed by atoms with E-state index in [1.807, 2.05) is 49.4 Å². The summed E-state index contributed by atoms with van der Waals surface area (Å²) in [5.41, 5.74) is 2.47. The molecule has 1 atom stereocenters. The Hall–Kier alpha value is -2.82. The molecule has 2 aromatic rings. The molecule has 0 saturated heterocycles. The number of carbonyl (C=O) groups excluding carboxylic acids is 1. The molecule has 0 aromatic heterocycles. The maximum absolute atomic E-state index is 12.3. The molecular weight excluding hydrogens is 292 g/mol. The van der Waals surface area contributed by atoms with E-state index < -0.39 is 6.10 Å². The molecular formula is C18H18N2O3. The predicted molar refractivity (Wildman–Crippen MR) is 88.7 cm³/mol. The first-order valence-corrected chi connectivity index (χ1v) is 7.58. The second-order valence-corrected chi connectivity index (χ2v) is 5.15. The van der Waals surface area contributed by atoms with Gasteiger partial charge in [-0.1, -0.05) is 35.5 Å². The van der Waals surface area contributed by atoms with E-state index in [9.17, 15) is 4.79 Å². The van der Waals surface area contributed by atoms with Crippen molar-refractivity contribution >= 4 is 17.3 Å². The summed E-state index contributed by atoms with van der Waals surface area (Å²) in [6.07, 6.45) is -0.135. The van der Waals surface area contributed by atoms with Gasteiger partial charge in [-0.25, -0.2) is 0 Å². The average Bonchev–Trinajstić information content (AvgIpc) is 3.08. The minimum Gasteiger partial charge on any atom is -0.494 e. The second kappa shape index (κ2) is 6.96. The molecule has 0 aliphatic carbocycles. The molecule has 0 bridgehead atoms. The van der Waals surface area contributed by atoms with E-state index in [4.69, 9.17) is 9.57 Å². The molecule has 23 heavy (non-hydrogen) atoms. The molecule has 0 saturated carbocycles. The summed E-state index contributed by atoms with van der Waals surface area (Å²) in [5, 5.41) is 6.86. The number of carbonyl (C=O) groups is 1. The van der Waals surface area contributed by atoms with Crippen molar-refractivity contribution in [1.29, 1.82) is 0 Å². The zero-order chi connectivity index (χ0) is 16.1. The second-order valence-electron chi connectivity index (χ2n) is 5.15. The summed E-state index contributed by atoms with van der Waals surface area (Å²) in [7, 11) is 0. The first-order valence-electron chi connectivity index (χ1n) is 7.58. The topological polar surface area (TPSA) is 59.9 Å². The number of hydrogen-bond donors (Lipinski definition) is 1. The highest BCUT2D eigenvalue weighted by Gasteiger charge is 2.28. The largest absolute Gasteiger partial charge is 0.494 e. The zero-order valence-corrected chi connectivity index (χ0v) is 12.9. The standard InChI is InChI=1S/C18H18N2O3/c1-2-22-15-10-8-14(9-11-15)19-18(21)17-12-16(20-23-17)13-6-4-3-5-7-13/h3-11,17H,2,12H2,1H3,(H,19,21)/t17-/m1/s1. The fraction of sp³-hybridized carbons (Fsp3) is 0.222. The molecule has 5 heteroatoms. The fourth-order valence-corrected chi connectivity index (χ4v) is 2.34. The maximum atomic E-state index is 12.3. The minimum atomic E-state index is -0.600. The number of hydrogen-bond acceptors (Lipinski definition) is 4. The van der Waals surface area contributed by atoms with Crippen molar-refractivity contribution < 1.29 is 14.4 Å². The van der Waals surface area contributed by atoms with Crippen LogP contribution in [0.4, 0.5) is 5.69 Å². The number of anilines is 1. The van der Waals surface area contributed by atoms with Gasteiger partial charge in [-0.05, 0) is 36.8 Å². The van der Waals surface area contributed by atoms with Crippen LogP contribution in [0.2, 0.25) is 0 Å². The third-order valence-electron chi connectivity index (χ3n) is 3.50. The summed E-state index contributed by atoms with van der Waals surface area (Å²) < 4.78 is 5.37. The zero-order valence-electron chi connectivity index (χ0n) is 12.9. The fourth-order valence-electron chi connectivity index (χ4n) is 2.34. The molecule has 5 nitrogen and oxygen atoms in total. The van der Waals surface area contributed by atoms with E-state index in [1.165, 1.54) is 0 Å². The number of nitrogens with one attached hydrogen (secondary N) is 1.